The Morgan fingerprint density at radius 1 is 1.33 bits per heavy atom. The maximum atomic E-state index is 9.08. The Morgan fingerprint density at radius 2 is 2.07 bits per heavy atom. The average molecular weight is 204 g/mol. The van der Waals surface area contributed by atoms with Crippen LogP contribution in [0.4, 0.5) is 5.95 Å². The number of nitrogens with one attached hydrogen (secondary N) is 1. The number of hydrogen-bond acceptors (Lipinski definition) is 4. The highest BCUT2D eigenvalue weighted by atomic mass is 16.3. The highest BCUT2D eigenvalue weighted by Crippen LogP contribution is 2.08. The number of nitrogens with two attached hydrogens (primary N) is 1. The molecule has 5 heteroatoms. The van der Waals surface area contributed by atoms with Crippen molar-refractivity contribution in [3.05, 3.63) is 42.1 Å². The van der Waals surface area contributed by atoms with Gasteiger partial charge in [0.15, 0.2) is 0 Å². The van der Waals surface area contributed by atoms with E-state index in [1.54, 1.807) is 0 Å². The zero-order valence-corrected chi connectivity index (χ0v) is 8.09. The third-order valence-electron chi connectivity index (χ3n) is 2.02. The Bertz CT molecular complexity index is 438. The van der Waals surface area contributed by atoms with E-state index in [1.165, 1.54) is 10.9 Å². The molecule has 0 spiro atoms. The number of hydrogen-bond donors (Lipinski definition) is 3. The van der Waals surface area contributed by atoms with Gasteiger partial charge < -0.3 is 16.3 Å². The van der Waals surface area contributed by atoms with Gasteiger partial charge in [-0.1, -0.05) is 30.3 Å². The van der Waals surface area contributed by atoms with Crippen LogP contribution < -0.4 is 11.2 Å². The van der Waals surface area contributed by atoms with Crippen molar-refractivity contribution in [3.63, 3.8) is 0 Å². The monoisotopic (exact) mass is 204 g/mol. The van der Waals surface area contributed by atoms with Crippen LogP contribution in [0.1, 0.15) is 5.56 Å². The number of aromatic hydroxyl groups is 1. The SMILES string of the molecule is Nc1nc(O)cn1NCc1ccccc1. The van der Waals surface area contributed by atoms with E-state index in [0.29, 0.717) is 6.54 Å². The molecule has 0 aliphatic heterocycles. The maximum Gasteiger partial charge on any atom is 0.233 e. The van der Waals surface area contributed by atoms with Crippen LogP contribution >= 0.6 is 0 Å². The summed E-state index contributed by atoms with van der Waals surface area (Å²) in [7, 11) is 0. The minimum atomic E-state index is -0.0898. The van der Waals surface area contributed by atoms with Gasteiger partial charge in [-0.3, -0.25) is 0 Å². The highest BCUT2D eigenvalue weighted by molar-refractivity contribution is 5.26. The van der Waals surface area contributed by atoms with E-state index >= 15 is 0 Å². The molecular weight excluding hydrogens is 192 g/mol. The van der Waals surface area contributed by atoms with E-state index in [2.05, 4.69) is 10.4 Å². The molecule has 5 nitrogen and oxygen atoms in total. The molecule has 0 radical (unpaired) electrons. The quantitative estimate of drug-likeness (QED) is 0.694. The molecule has 1 heterocycles. The van der Waals surface area contributed by atoms with Crippen molar-refractivity contribution in [3.8, 4) is 5.88 Å². The van der Waals surface area contributed by atoms with Crippen LogP contribution in [0.2, 0.25) is 0 Å². The second kappa shape index (κ2) is 3.91. The lowest BCUT2D eigenvalue weighted by atomic mass is 10.2. The van der Waals surface area contributed by atoms with Crippen molar-refractivity contribution in [2.45, 2.75) is 6.54 Å². The van der Waals surface area contributed by atoms with Crippen molar-refractivity contribution >= 4 is 5.95 Å². The van der Waals surface area contributed by atoms with Crippen LogP contribution in [0.3, 0.4) is 0 Å². The molecule has 4 N–H and O–H groups in total. The summed E-state index contributed by atoms with van der Waals surface area (Å²) in [6.45, 7) is 0.626. The Hall–Kier alpha value is -2.17. The lowest BCUT2D eigenvalue weighted by Crippen LogP contribution is -2.15. The molecule has 15 heavy (non-hydrogen) atoms. The van der Waals surface area contributed by atoms with E-state index < -0.39 is 0 Å². The maximum absolute atomic E-state index is 9.08. The van der Waals surface area contributed by atoms with Gasteiger partial charge in [-0.05, 0) is 5.56 Å². The average Bonchev–Trinajstić information content (AvgIpc) is 2.56. The zero-order valence-electron chi connectivity index (χ0n) is 8.09. The number of imidazole rings is 1. The first-order chi connectivity index (χ1) is 7.25. The molecule has 0 saturated heterocycles. The number of anilines is 1. The topological polar surface area (TPSA) is 76.1 Å². The Labute approximate surface area is 87.1 Å². The van der Waals surface area contributed by atoms with Crippen LogP contribution in [-0.2, 0) is 6.54 Å². The smallest absolute Gasteiger partial charge is 0.233 e. The second-order valence-corrected chi connectivity index (χ2v) is 3.15. The lowest BCUT2D eigenvalue weighted by Gasteiger charge is -2.07. The number of aromatic nitrogens is 2. The molecule has 0 saturated carbocycles. The molecule has 1 aromatic heterocycles. The van der Waals surface area contributed by atoms with Gasteiger partial charge in [-0.2, -0.15) is 4.98 Å². The minimum Gasteiger partial charge on any atom is -0.492 e. The number of nitrogen functional groups attached to an aromatic ring is 1. The third-order valence-corrected chi connectivity index (χ3v) is 2.02. The van der Waals surface area contributed by atoms with Crippen LogP contribution in [0.25, 0.3) is 0 Å². The fourth-order valence-electron chi connectivity index (χ4n) is 1.28. The molecule has 1 aromatic carbocycles. The molecular formula is C10H12N4O. The Kier molecular flexibility index (Phi) is 2.45. The van der Waals surface area contributed by atoms with E-state index in [4.69, 9.17) is 10.8 Å². The largest absolute Gasteiger partial charge is 0.492 e. The van der Waals surface area contributed by atoms with Gasteiger partial charge in [0, 0.05) is 0 Å². The van der Waals surface area contributed by atoms with Gasteiger partial charge in [0.05, 0.1) is 12.7 Å². The van der Waals surface area contributed by atoms with Crippen molar-refractivity contribution in [2.24, 2.45) is 0 Å². The number of nitrogens with zero attached hydrogens (tertiary/aromatic N) is 2. The normalized spacial score (nSPS) is 10.1. The summed E-state index contributed by atoms with van der Waals surface area (Å²) in [6, 6.07) is 9.89. The molecule has 0 atom stereocenters. The molecule has 2 aromatic rings. The van der Waals surface area contributed by atoms with Crippen LogP contribution in [0, 0.1) is 0 Å². The van der Waals surface area contributed by atoms with Crippen LogP contribution in [0.5, 0.6) is 5.88 Å². The summed E-state index contributed by atoms with van der Waals surface area (Å²) in [5.41, 5.74) is 9.68. The summed E-state index contributed by atoms with van der Waals surface area (Å²) < 4.78 is 1.49. The summed E-state index contributed by atoms with van der Waals surface area (Å²) in [5.74, 6) is 0.150. The van der Waals surface area contributed by atoms with Crippen LogP contribution in [0.15, 0.2) is 36.5 Å². The van der Waals surface area contributed by atoms with E-state index in [1.807, 2.05) is 30.3 Å². The van der Waals surface area contributed by atoms with Gasteiger partial charge in [0.1, 0.15) is 0 Å². The molecule has 2 rings (SSSR count). The standard InChI is InChI=1S/C10H12N4O/c11-10-13-9(15)7-14(10)12-6-8-4-2-1-3-5-8/h1-5,7,12,15H,6H2,(H2,11,13). The highest BCUT2D eigenvalue weighted by Gasteiger charge is 2.01. The zero-order chi connectivity index (χ0) is 10.7. The molecule has 0 amide bonds. The first-order valence-electron chi connectivity index (χ1n) is 4.57. The molecule has 0 unspecified atom stereocenters. The van der Waals surface area contributed by atoms with Gasteiger partial charge >= 0.3 is 0 Å². The van der Waals surface area contributed by atoms with Gasteiger partial charge in [-0.25, -0.2) is 4.68 Å². The summed E-state index contributed by atoms with van der Waals surface area (Å²) in [6.07, 6.45) is 1.43. The van der Waals surface area contributed by atoms with Crippen molar-refractivity contribution in [1.29, 1.82) is 0 Å². The Balaban J connectivity index is 2.02. The van der Waals surface area contributed by atoms with Crippen molar-refractivity contribution in [1.82, 2.24) is 9.66 Å². The molecule has 0 bridgehead atoms. The van der Waals surface area contributed by atoms with Gasteiger partial charge in [0.25, 0.3) is 0 Å². The number of rotatable bonds is 3. The molecule has 78 valence electrons. The van der Waals surface area contributed by atoms with E-state index in [-0.39, 0.29) is 11.8 Å². The fourth-order valence-corrected chi connectivity index (χ4v) is 1.28. The fraction of sp³-hybridized carbons (Fsp3) is 0.100. The van der Waals surface area contributed by atoms with E-state index in [9.17, 15) is 0 Å². The van der Waals surface area contributed by atoms with Crippen LogP contribution in [-0.4, -0.2) is 14.8 Å². The summed E-state index contributed by atoms with van der Waals surface area (Å²) in [5, 5.41) is 9.08. The summed E-state index contributed by atoms with van der Waals surface area (Å²) in [4.78, 5) is 3.66. The third kappa shape index (κ3) is 2.19. The minimum absolute atomic E-state index is 0.0898. The Morgan fingerprint density at radius 3 is 2.67 bits per heavy atom. The van der Waals surface area contributed by atoms with E-state index in [0.717, 1.165) is 5.56 Å². The molecule has 0 aliphatic rings. The predicted octanol–water partition coefficient (Wildman–Crippen LogP) is 0.915. The molecule has 0 aliphatic carbocycles. The first kappa shape index (κ1) is 9.39. The lowest BCUT2D eigenvalue weighted by molar-refractivity contribution is 0.456. The number of benzene rings is 1. The summed E-state index contributed by atoms with van der Waals surface area (Å²) >= 11 is 0. The first-order valence-corrected chi connectivity index (χ1v) is 4.57. The van der Waals surface area contributed by atoms with Crippen molar-refractivity contribution in [2.75, 3.05) is 11.2 Å². The van der Waals surface area contributed by atoms with Crippen molar-refractivity contribution < 1.29 is 5.11 Å². The second-order valence-electron chi connectivity index (χ2n) is 3.15. The van der Waals surface area contributed by atoms with Gasteiger partial charge in [0.2, 0.25) is 11.8 Å². The predicted molar refractivity (Wildman–Crippen MR) is 57.8 cm³/mol. The molecule has 0 fully saturated rings. The van der Waals surface area contributed by atoms with Gasteiger partial charge in [-0.15, -0.1) is 0 Å².